The number of aryl methyl sites for hydroxylation is 1. The molecule has 0 aliphatic heterocycles. The van der Waals surface area contributed by atoms with Crippen LogP contribution in [0.2, 0.25) is 0 Å². The molecule has 0 spiro atoms. The van der Waals surface area contributed by atoms with Crippen molar-refractivity contribution in [2.24, 2.45) is 0 Å². The van der Waals surface area contributed by atoms with Crippen LogP contribution in [0.5, 0.6) is 5.75 Å². The van der Waals surface area contributed by atoms with Gasteiger partial charge in [0.2, 0.25) is 0 Å². The molecule has 0 bridgehead atoms. The Morgan fingerprint density at radius 2 is 1.88 bits per heavy atom. The highest BCUT2D eigenvalue weighted by Gasteiger charge is 2.27. The predicted octanol–water partition coefficient (Wildman–Crippen LogP) is 4.27. The minimum atomic E-state index is 0.177. The van der Waals surface area contributed by atoms with Gasteiger partial charge in [0.15, 0.2) is 0 Å². The summed E-state index contributed by atoms with van der Waals surface area (Å²) in [6, 6.07) is 9.29. The fourth-order valence-electron chi connectivity index (χ4n) is 3.64. The van der Waals surface area contributed by atoms with E-state index in [4.69, 9.17) is 9.72 Å². The van der Waals surface area contributed by atoms with Crippen LogP contribution in [0.4, 0.5) is 5.82 Å². The maximum atomic E-state index is 5.32. The first-order valence-corrected chi connectivity index (χ1v) is 8.84. The standard InChI is InChI=1S/C20H29N3O/c1-13-10-19(22-18-9-8-16(24-5)12-17(13)18)21-14-6-7-15(11-14)23-20(2,3)4/h8-10,12,14-15,23H,6-7,11H2,1-5H3,(H,21,22)/t14-,15-/m0/s1. The molecule has 2 atom stereocenters. The third-order valence-electron chi connectivity index (χ3n) is 4.64. The van der Waals surface area contributed by atoms with Crippen molar-refractivity contribution in [1.29, 1.82) is 0 Å². The van der Waals surface area contributed by atoms with Crippen molar-refractivity contribution in [3.63, 3.8) is 0 Å². The number of fused-ring (bicyclic) bond motifs is 1. The van der Waals surface area contributed by atoms with Crippen molar-refractivity contribution in [2.75, 3.05) is 12.4 Å². The Balaban J connectivity index is 1.72. The highest BCUT2D eigenvalue weighted by Crippen LogP contribution is 2.28. The lowest BCUT2D eigenvalue weighted by atomic mass is 10.1. The number of hydrogen-bond donors (Lipinski definition) is 2. The summed E-state index contributed by atoms with van der Waals surface area (Å²) in [7, 11) is 1.70. The van der Waals surface area contributed by atoms with Crippen LogP contribution < -0.4 is 15.4 Å². The number of benzene rings is 1. The van der Waals surface area contributed by atoms with Gasteiger partial charge in [0.1, 0.15) is 11.6 Å². The summed E-state index contributed by atoms with van der Waals surface area (Å²) >= 11 is 0. The van der Waals surface area contributed by atoms with Gasteiger partial charge < -0.3 is 15.4 Å². The third kappa shape index (κ3) is 3.99. The highest BCUT2D eigenvalue weighted by atomic mass is 16.5. The minimum absolute atomic E-state index is 0.177. The molecule has 2 N–H and O–H groups in total. The van der Waals surface area contributed by atoms with Gasteiger partial charge in [-0.25, -0.2) is 4.98 Å². The molecular weight excluding hydrogens is 298 g/mol. The van der Waals surface area contributed by atoms with Crippen molar-refractivity contribution in [3.8, 4) is 5.75 Å². The average molecular weight is 327 g/mol. The molecule has 0 radical (unpaired) electrons. The molecule has 2 aromatic rings. The SMILES string of the molecule is COc1ccc2nc(N[C@H]3CC[C@H](NC(C)(C)C)C3)cc(C)c2c1. The molecule has 0 amide bonds. The smallest absolute Gasteiger partial charge is 0.127 e. The van der Waals surface area contributed by atoms with E-state index in [0.29, 0.717) is 12.1 Å². The van der Waals surface area contributed by atoms with Gasteiger partial charge in [0, 0.05) is 23.0 Å². The van der Waals surface area contributed by atoms with Gasteiger partial charge in [-0.2, -0.15) is 0 Å². The number of methoxy groups -OCH3 is 1. The van der Waals surface area contributed by atoms with Gasteiger partial charge in [-0.3, -0.25) is 0 Å². The molecule has 1 heterocycles. The molecule has 1 saturated carbocycles. The van der Waals surface area contributed by atoms with E-state index in [2.05, 4.69) is 50.5 Å². The van der Waals surface area contributed by atoms with E-state index < -0.39 is 0 Å². The molecule has 1 aliphatic carbocycles. The number of aromatic nitrogens is 1. The fraction of sp³-hybridized carbons (Fsp3) is 0.550. The monoisotopic (exact) mass is 327 g/mol. The zero-order valence-corrected chi connectivity index (χ0v) is 15.4. The Hall–Kier alpha value is -1.81. The molecule has 0 unspecified atom stereocenters. The maximum Gasteiger partial charge on any atom is 0.127 e. The van der Waals surface area contributed by atoms with Crippen LogP contribution in [0.3, 0.4) is 0 Å². The van der Waals surface area contributed by atoms with E-state index >= 15 is 0 Å². The van der Waals surface area contributed by atoms with E-state index in [1.807, 2.05) is 12.1 Å². The van der Waals surface area contributed by atoms with E-state index in [1.165, 1.54) is 18.4 Å². The van der Waals surface area contributed by atoms with E-state index in [0.717, 1.165) is 28.9 Å². The maximum absolute atomic E-state index is 5.32. The molecule has 4 nitrogen and oxygen atoms in total. The number of rotatable bonds is 4. The van der Waals surface area contributed by atoms with Gasteiger partial charge in [-0.05, 0) is 76.8 Å². The van der Waals surface area contributed by atoms with Gasteiger partial charge in [-0.1, -0.05) is 0 Å². The second-order valence-electron chi connectivity index (χ2n) is 7.95. The third-order valence-corrected chi connectivity index (χ3v) is 4.64. The Morgan fingerprint density at radius 1 is 1.12 bits per heavy atom. The Labute approximate surface area is 145 Å². The van der Waals surface area contributed by atoms with Crippen LogP contribution in [0.25, 0.3) is 10.9 Å². The molecule has 1 aromatic carbocycles. The summed E-state index contributed by atoms with van der Waals surface area (Å²) in [5.74, 6) is 1.85. The molecule has 24 heavy (non-hydrogen) atoms. The van der Waals surface area contributed by atoms with E-state index in [-0.39, 0.29) is 5.54 Å². The topological polar surface area (TPSA) is 46.2 Å². The number of nitrogens with one attached hydrogen (secondary N) is 2. The van der Waals surface area contributed by atoms with Gasteiger partial charge in [-0.15, -0.1) is 0 Å². The quantitative estimate of drug-likeness (QED) is 0.880. The number of pyridine rings is 1. The van der Waals surface area contributed by atoms with Crippen molar-refractivity contribution in [2.45, 2.75) is 64.6 Å². The fourth-order valence-corrected chi connectivity index (χ4v) is 3.64. The van der Waals surface area contributed by atoms with Crippen LogP contribution in [-0.2, 0) is 0 Å². The average Bonchev–Trinajstić information content (AvgIpc) is 2.92. The zero-order valence-electron chi connectivity index (χ0n) is 15.4. The van der Waals surface area contributed by atoms with Crippen LogP contribution >= 0.6 is 0 Å². The first-order chi connectivity index (χ1) is 11.3. The molecule has 1 aromatic heterocycles. The van der Waals surface area contributed by atoms with Crippen molar-refractivity contribution in [3.05, 3.63) is 29.8 Å². The molecule has 3 rings (SSSR count). The zero-order chi connectivity index (χ0) is 17.3. The van der Waals surface area contributed by atoms with Crippen LogP contribution in [0.1, 0.15) is 45.6 Å². The van der Waals surface area contributed by atoms with Gasteiger partial charge in [0.25, 0.3) is 0 Å². The van der Waals surface area contributed by atoms with Gasteiger partial charge >= 0.3 is 0 Å². The Kier molecular flexibility index (Phi) is 4.68. The Morgan fingerprint density at radius 3 is 2.58 bits per heavy atom. The predicted molar refractivity (Wildman–Crippen MR) is 101 cm³/mol. The van der Waals surface area contributed by atoms with Crippen molar-refractivity contribution >= 4 is 16.7 Å². The number of ether oxygens (including phenoxy) is 1. The first-order valence-electron chi connectivity index (χ1n) is 8.84. The molecule has 130 valence electrons. The number of hydrogen-bond acceptors (Lipinski definition) is 4. The lowest BCUT2D eigenvalue weighted by Gasteiger charge is -2.26. The lowest BCUT2D eigenvalue weighted by molar-refractivity contribution is 0.360. The first kappa shape index (κ1) is 17.0. The summed E-state index contributed by atoms with van der Waals surface area (Å²) in [5.41, 5.74) is 2.42. The molecule has 0 saturated heterocycles. The summed E-state index contributed by atoms with van der Waals surface area (Å²) in [6.45, 7) is 8.83. The lowest BCUT2D eigenvalue weighted by Crippen LogP contribution is -2.42. The Bertz CT molecular complexity index is 721. The minimum Gasteiger partial charge on any atom is -0.497 e. The molecular formula is C20H29N3O. The largest absolute Gasteiger partial charge is 0.497 e. The summed E-state index contributed by atoms with van der Waals surface area (Å²) in [4.78, 5) is 4.79. The molecule has 4 heteroatoms. The highest BCUT2D eigenvalue weighted by molar-refractivity contribution is 5.85. The van der Waals surface area contributed by atoms with E-state index in [9.17, 15) is 0 Å². The number of nitrogens with zero attached hydrogens (tertiary/aromatic N) is 1. The van der Waals surface area contributed by atoms with Crippen molar-refractivity contribution < 1.29 is 4.74 Å². The van der Waals surface area contributed by atoms with Crippen LogP contribution in [0.15, 0.2) is 24.3 Å². The van der Waals surface area contributed by atoms with E-state index in [1.54, 1.807) is 7.11 Å². The summed E-state index contributed by atoms with van der Waals surface area (Å²) < 4.78 is 5.32. The summed E-state index contributed by atoms with van der Waals surface area (Å²) in [6.07, 6.45) is 3.56. The molecule has 1 fully saturated rings. The second-order valence-corrected chi connectivity index (χ2v) is 7.95. The number of anilines is 1. The van der Waals surface area contributed by atoms with Crippen LogP contribution in [0, 0.1) is 6.92 Å². The van der Waals surface area contributed by atoms with Crippen molar-refractivity contribution in [1.82, 2.24) is 10.3 Å². The second kappa shape index (κ2) is 6.60. The normalized spacial score (nSPS) is 21.2. The molecule has 1 aliphatic rings. The summed E-state index contributed by atoms with van der Waals surface area (Å²) in [5, 5.41) is 8.50. The van der Waals surface area contributed by atoms with Gasteiger partial charge in [0.05, 0.1) is 12.6 Å². The van der Waals surface area contributed by atoms with Crippen LogP contribution in [-0.4, -0.2) is 29.7 Å².